The fourth-order valence-electron chi connectivity index (χ4n) is 4.74. The van der Waals surface area contributed by atoms with Crippen molar-refractivity contribution >= 4 is 28.3 Å². The molecule has 186 valence electrons. The van der Waals surface area contributed by atoms with Crippen LogP contribution in [0.5, 0.6) is 0 Å². The third kappa shape index (κ3) is 4.55. The average molecular weight is 486 g/mol. The molecule has 0 saturated carbocycles. The Kier molecular flexibility index (Phi) is 6.67. The van der Waals surface area contributed by atoms with Crippen LogP contribution < -0.4 is 10.6 Å². The zero-order chi connectivity index (χ0) is 25.2. The molecular weight excluding hydrogens is 454 g/mol. The third-order valence-electron chi connectivity index (χ3n) is 6.60. The third-order valence-corrected chi connectivity index (χ3v) is 6.60. The molecule has 9 heteroatoms. The molecule has 5 rings (SSSR count). The molecular formula is C27H31N7O2. The lowest BCUT2D eigenvalue weighted by atomic mass is 9.95. The van der Waals surface area contributed by atoms with Gasteiger partial charge in [0.1, 0.15) is 11.5 Å². The molecule has 0 unspecified atom stereocenters. The number of carbonyl (C=O) groups is 1. The summed E-state index contributed by atoms with van der Waals surface area (Å²) < 4.78 is 5.57. The maximum atomic E-state index is 12.9. The molecule has 0 spiro atoms. The summed E-state index contributed by atoms with van der Waals surface area (Å²) >= 11 is 0. The van der Waals surface area contributed by atoms with Gasteiger partial charge in [-0.05, 0) is 51.2 Å². The van der Waals surface area contributed by atoms with Gasteiger partial charge in [-0.25, -0.2) is 9.98 Å². The number of nitrogens with zero attached hydrogens (tertiary/aromatic N) is 4. The van der Waals surface area contributed by atoms with E-state index in [4.69, 9.17) is 14.7 Å². The Balaban J connectivity index is 1.50. The molecule has 0 bridgehead atoms. The number of hydrogen-bond acceptors (Lipinski definition) is 7. The number of carbonyl (C=O) groups excluding carboxylic acids is 1. The van der Waals surface area contributed by atoms with E-state index in [-0.39, 0.29) is 11.8 Å². The van der Waals surface area contributed by atoms with Crippen molar-refractivity contribution in [2.45, 2.75) is 19.9 Å². The number of aromatic nitrogens is 3. The number of aromatic amines is 1. The number of aliphatic imine (C=N–C) groups is 1. The minimum Gasteiger partial charge on any atom is -0.381 e. The Bertz CT molecular complexity index is 1380. The minimum atomic E-state index is -0.129. The zero-order valence-corrected chi connectivity index (χ0v) is 20.9. The van der Waals surface area contributed by atoms with Gasteiger partial charge in [-0.1, -0.05) is 6.58 Å². The number of anilines is 1. The van der Waals surface area contributed by atoms with Gasteiger partial charge in [0, 0.05) is 54.5 Å². The SMILES string of the molecule is C=C(/C(CN(C)C)=N\C(=C/C)Nc1cnc(-c2ccnc3[nH]ccc23)c2c1C(=O)NC2)[C@H]1CCOC1. The van der Waals surface area contributed by atoms with Crippen LogP contribution in [0.1, 0.15) is 29.3 Å². The molecule has 0 radical (unpaired) electrons. The van der Waals surface area contributed by atoms with Crippen molar-refractivity contribution in [3.05, 3.63) is 65.9 Å². The Morgan fingerprint density at radius 2 is 2.22 bits per heavy atom. The first-order valence-corrected chi connectivity index (χ1v) is 12.1. The topological polar surface area (TPSA) is 108 Å². The normalized spacial score (nSPS) is 18.1. The summed E-state index contributed by atoms with van der Waals surface area (Å²) in [5.74, 6) is 0.777. The van der Waals surface area contributed by atoms with Crippen LogP contribution in [-0.4, -0.2) is 65.3 Å². The minimum absolute atomic E-state index is 0.129. The molecule has 1 atom stereocenters. The van der Waals surface area contributed by atoms with Crippen LogP contribution in [0.25, 0.3) is 22.3 Å². The van der Waals surface area contributed by atoms with Crippen LogP contribution in [0.3, 0.4) is 0 Å². The number of amides is 1. The lowest BCUT2D eigenvalue weighted by Gasteiger charge is -2.19. The van der Waals surface area contributed by atoms with Crippen molar-refractivity contribution in [3.63, 3.8) is 0 Å². The molecule has 3 N–H and O–H groups in total. The molecule has 3 aromatic heterocycles. The highest BCUT2D eigenvalue weighted by atomic mass is 16.5. The first-order valence-electron chi connectivity index (χ1n) is 12.1. The van der Waals surface area contributed by atoms with Crippen molar-refractivity contribution in [1.82, 2.24) is 25.2 Å². The number of ether oxygens (including phenoxy) is 1. The second-order valence-electron chi connectivity index (χ2n) is 9.34. The molecule has 2 aliphatic heterocycles. The molecule has 2 aliphatic rings. The Labute approximate surface area is 210 Å². The maximum Gasteiger partial charge on any atom is 0.254 e. The van der Waals surface area contributed by atoms with Gasteiger partial charge in [0.05, 0.1) is 35.5 Å². The van der Waals surface area contributed by atoms with E-state index in [1.54, 1.807) is 12.4 Å². The summed E-state index contributed by atoms with van der Waals surface area (Å²) in [7, 11) is 4.02. The van der Waals surface area contributed by atoms with Crippen molar-refractivity contribution in [2.24, 2.45) is 10.9 Å². The van der Waals surface area contributed by atoms with Crippen LogP contribution in [0, 0.1) is 5.92 Å². The van der Waals surface area contributed by atoms with Gasteiger partial charge in [-0.15, -0.1) is 0 Å². The molecule has 0 aliphatic carbocycles. The van der Waals surface area contributed by atoms with Gasteiger partial charge in [0.2, 0.25) is 0 Å². The van der Waals surface area contributed by atoms with Crippen LogP contribution in [0.2, 0.25) is 0 Å². The molecule has 1 fully saturated rings. The number of rotatable bonds is 8. The first kappa shape index (κ1) is 23.9. The molecule has 1 saturated heterocycles. The van der Waals surface area contributed by atoms with Gasteiger partial charge in [0.25, 0.3) is 5.91 Å². The van der Waals surface area contributed by atoms with E-state index in [9.17, 15) is 4.79 Å². The molecule has 1 amide bonds. The van der Waals surface area contributed by atoms with Gasteiger partial charge in [-0.2, -0.15) is 0 Å². The lowest BCUT2D eigenvalue weighted by Crippen LogP contribution is -2.26. The number of allylic oxidation sites excluding steroid dienone is 1. The fourth-order valence-corrected chi connectivity index (χ4v) is 4.74. The van der Waals surface area contributed by atoms with Gasteiger partial charge < -0.3 is 25.3 Å². The maximum absolute atomic E-state index is 12.9. The largest absolute Gasteiger partial charge is 0.381 e. The summed E-state index contributed by atoms with van der Waals surface area (Å²) in [6.07, 6.45) is 8.16. The highest BCUT2D eigenvalue weighted by Gasteiger charge is 2.28. The molecule has 36 heavy (non-hydrogen) atoms. The van der Waals surface area contributed by atoms with E-state index < -0.39 is 0 Å². The summed E-state index contributed by atoms with van der Waals surface area (Å²) in [6, 6.07) is 3.91. The van der Waals surface area contributed by atoms with Crippen LogP contribution in [0.15, 0.2) is 59.8 Å². The van der Waals surface area contributed by atoms with Gasteiger partial charge >= 0.3 is 0 Å². The van der Waals surface area contributed by atoms with E-state index in [0.29, 0.717) is 36.8 Å². The van der Waals surface area contributed by atoms with E-state index >= 15 is 0 Å². The Morgan fingerprint density at radius 3 is 2.97 bits per heavy atom. The number of fused-ring (bicyclic) bond motifs is 2. The fraction of sp³-hybridized carbons (Fsp3) is 0.333. The van der Waals surface area contributed by atoms with Crippen molar-refractivity contribution in [3.8, 4) is 11.3 Å². The standard InChI is InChI=1S/C27H31N7O2/c1-5-23(33-22(14-34(3)4)16(2)17-8-11-36-15-17)32-21-13-30-25(20-12-31-27(35)24(20)21)18-6-9-28-26-19(18)7-10-29-26/h5-7,9-10,13,17,32H,2,8,11-12,14-15H2,1,3-4H3,(H,28,29)(H,31,35)/b23-5-,33-22-/t17-/m0/s1. The van der Waals surface area contributed by atoms with E-state index in [1.165, 1.54) is 0 Å². The predicted molar refractivity (Wildman–Crippen MR) is 142 cm³/mol. The number of H-pyrrole nitrogens is 1. The van der Waals surface area contributed by atoms with Crippen molar-refractivity contribution < 1.29 is 9.53 Å². The molecule has 3 aromatic rings. The van der Waals surface area contributed by atoms with Crippen LogP contribution in [0.4, 0.5) is 5.69 Å². The quantitative estimate of drug-likeness (QED) is 0.420. The highest BCUT2D eigenvalue weighted by Crippen LogP contribution is 2.35. The molecule has 9 nitrogen and oxygen atoms in total. The second kappa shape index (κ2) is 10.0. The van der Waals surface area contributed by atoms with Gasteiger partial charge in [0.15, 0.2) is 0 Å². The van der Waals surface area contributed by atoms with E-state index in [1.807, 2.05) is 45.4 Å². The van der Waals surface area contributed by atoms with Gasteiger partial charge in [-0.3, -0.25) is 9.78 Å². The molecule has 0 aromatic carbocycles. The van der Waals surface area contributed by atoms with Crippen molar-refractivity contribution in [1.29, 1.82) is 0 Å². The first-order chi connectivity index (χ1) is 17.5. The van der Waals surface area contributed by atoms with E-state index in [0.717, 1.165) is 52.2 Å². The highest BCUT2D eigenvalue weighted by molar-refractivity contribution is 6.07. The number of pyridine rings is 2. The Hall–Kier alpha value is -3.82. The predicted octanol–water partition coefficient (Wildman–Crippen LogP) is 3.74. The smallest absolute Gasteiger partial charge is 0.254 e. The lowest BCUT2D eigenvalue weighted by molar-refractivity contribution is 0.0966. The van der Waals surface area contributed by atoms with Crippen LogP contribution >= 0.6 is 0 Å². The summed E-state index contributed by atoms with van der Waals surface area (Å²) in [5, 5.41) is 7.29. The number of hydrogen-bond donors (Lipinski definition) is 3. The summed E-state index contributed by atoms with van der Waals surface area (Å²) in [4.78, 5) is 32.2. The second-order valence-corrected chi connectivity index (χ2v) is 9.34. The monoisotopic (exact) mass is 485 g/mol. The molecule has 5 heterocycles. The van der Waals surface area contributed by atoms with Crippen molar-refractivity contribution in [2.75, 3.05) is 39.2 Å². The number of nitrogens with one attached hydrogen (secondary N) is 3. The summed E-state index contributed by atoms with van der Waals surface area (Å²) in [5.41, 5.74) is 6.46. The van der Waals surface area contributed by atoms with Crippen LogP contribution in [-0.2, 0) is 11.3 Å². The van der Waals surface area contributed by atoms with E-state index in [2.05, 4.69) is 32.1 Å². The zero-order valence-electron chi connectivity index (χ0n) is 20.9. The Morgan fingerprint density at radius 1 is 1.36 bits per heavy atom. The summed E-state index contributed by atoms with van der Waals surface area (Å²) in [6.45, 7) is 8.75. The average Bonchev–Trinajstić information content (AvgIpc) is 3.64.